The first-order chi connectivity index (χ1) is 7.38. The van der Waals surface area contributed by atoms with Crippen LogP contribution < -0.4 is 0 Å². The zero-order valence-corrected chi connectivity index (χ0v) is 9.06. The van der Waals surface area contributed by atoms with Gasteiger partial charge in [0, 0.05) is 0 Å². The second-order valence-electron chi connectivity index (χ2n) is 3.38. The van der Waals surface area contributed by atoms with Crippen molar-refractivity contribution in [3.63, 3.8) is 0 Å². The van der Waals surface area contributed by atoms with E-state index in [1.807, 2.05) is 42.5 Å². The third-order valence-electron chi connectivity index (χ3n) is 2.19. The van der Waals surface area contributed by atoms with Gasteiger partial charge in [0.1, 0.15) is 0 Å². The standard InChI is InChI=1S/C12H13ClO2/c13-8-11-9-14-12(15-11)7-6-10-4-2-1-3-5-10/h1-7,11-12H,8-9H2/b7-6+. The van der Waals surface area contributed by atoms with E-state index >= 15 is 0 Å². The molecule has 1 fully saturated rings. The Kier molecular flexibility index (Phi) is 3.78. The second-order valence-corrected chi connectivity index (χ2v) is 3.69. The minimum Gasteiger partial charge on any atom is -0.346 e. The number of alkyl halides is 1. The van der Waals surface area contributed by atoms with Gasteiger partial charge < -0.3 is 9.47 Å². The zero-order chi connectivity index (χ0) is 10.5. The predicted molar refractivity (Wildman–Crippen MR) is 60.8 cm³/mol. The lowest BCUT2D eigenvalue weighted by atomic mass is 10.2. The van der Waals surface area contributed by atoms with E-state index < -0.39 is 0 Å². The Balaban J connectivity index is 1.90. The van der Waals surface area contributed by atoms with E-state index in [1.165, 1.54) is 0 Å². The van der Waals surface area contributed by atoms with Gasteiger partial charge in [0.15, 0.2) is 6.29 Å². The van der Waals surface area contributed by atoms with Gasteiger partial charge in [0.05, 0.1) is 18.6 Å². The van der Waals surface area contributed by atoms with Crippen molar-refractivity contribution in [2.75, 3.05) is 12.5 Å². The van der Waals surface area contributed by atoms with Crippen LogP contribution in [0.4, 0.5) is 0 Å². The summed E-state index contributed by atoms with van der Waals surface area (Å²) in [6.07, 6.45) is 3.66. The molecule has 2 nitrogen and oxygen atoms in total. The second kappa shape index (κ2) is 5.31. The molecule has 15 heavy (non-hydrogen) atoms. The fourth-order valence-corrected chi connectivity index (χ4v) is 1.57. The normalized spacial score (nSPS) is 26.2. The largest absolute Gasteiger partial charge is 0.346 e. The molecule has 1 aromatic carbocycles. The Bertz CT molecular complexity index is 324. The monoisotopic (exact) mass is 224 g/mol. The molecule has 2 atom stereocenters. The van der Waals surface area contributed by atoms with Crippen LogP contribution in [0.5, 0.6) is 0 Å². The average molecular weight is 225 g/mol. The smallest absolute Gasteiger partial charge is 0.177 e. The van der Waals surface area contributed by atoms with E-state index in [4.69, 9.17) is 21.1 Å². The van der Waals surface area contributed by atoms with Crippen molar-refractivity contribution in [1.82, 2.24) is 0 Å². The molecule has 0 N–H and O–H groups in total. The highest BCUT2D eigenvalue weighted by molar-refractivity contribution is 6.18. The lowest BCUT2D eigenvalue weighted by molar-refractivity contribution is -0.0149. The minimum atomic E-state index is -0.256. The van der Waals surface area contributed by atoms with Crippen molar-refractivity contribution in [3.8, 4) is 0 Å². The third-order valence-corrected chi connectivity index (χ3v) is 2.53. The zero-order valence-electron chi connectivity index (χ0n) is 8.30. The molecule has 1 aliphatic rings. The lowest BCUT2D eigenvalue weighted by Gasteiger charge is -2.04. The molecule has 80 valence electrons. The summed E-state index contributed by atoms with van der Waals surface area (Å²) >= 11 is 5.66. The molecule has 1 aromatic rings. The maximum Gasteiger partial charge on any atom is 0.177 e. The van der Waals surface area contributed by atoms with Crippen molar-refractivity contribution in [2.24, 2.45) is 0 Å². The molecular weight excluding hydrogens is 212 g/mol. The molecule has 2 unspecified atom stereocenters. The molecule has 0 aromatic heterocycles. The Morgan fingerprint density at radius 2 is 2.13 bits per heavy atom. The number of hydrogen-bond donors (Lipinski definition) is 0. The van der Waals surface area contributed by atoms with E-state index in [0.29, 0.717) is 12.5 Å². The topological polar surface area (TPSA) is 18.5 Å². The summed E-state index contributed by atoms with van der Waals surface area (Å²) in [7, 11) is 0. The van der Waals surface area contributed by atoms with Gasteiger partial charge in [-0.05, 0) is 11.6 Å². The molecule has 0 aliphatic carbocycles. The first-order valence-corrected chi connectivity index (χ1v) is 5.48. The maximum absolute atomic E-state index is 5.66. The quantitative estimate of drug-likeness (QED) is 0.735. The van der Waals surface area contributed by atoms with Gasteiger partial charge in [0.2, 0.25) is 0 Å². The Morgan fingerprint density at radius 1 is 1.33 bits per heavy atom. The van der Waals surface area contributed by atoms with E-state index in [9.17, 15) is 0 Å². The lowest BCUT2D eigenvalue weighted by Crippen LogP contribution is -2.12. The predicted octanol–water partition coefficient (Wildman–Crippen LogP) is 2.68. The van der Waals surface area contributed by atoms with Crippen LogP contribution in [0.3, 0.4) is 0 Å². The van der Waals surface area contributed by atoms with E-state index in [-0.39, 0.29) is 12.4 Å². The van der Waals surface area contributed by atoms with Gasteiger partial charge in [-0.3, -0.25) is 0 Å². The summed E-state index contributed by atoms with van der Waals surface area (Å²) in [5.74, 6) is 0.482. The van der Waals surface area contributed by atoms with Crippen LogP contribution in [-0.4, -0.2) is 24.9 Å². The van der Waals surface area contributed by atoms with E-state index in [0.717, 1.165) is 5.56 Å². The molecule has 1 heterocycles. The molecular formula is C12H13ClO2. The molecule has 0 bridgehead atoms. The molecule has 2 rings (SSSR count). The van der Waals surface area contributed by atoms with Gasteiger partial charge in [-0.15, -0.1) is 11.6 Å². The number of ether oxygens (including phenoxy) is 2. The fourth-order valence-electron chi connectivity index (χ4n) is 1.41. The third kappa shape index (κ3) is 3.06. The summed E-state index contributed by atoms with van der Waals surface area (Å²) in [6, 6.07) is 10.0. The molecule has 0 saturated carbocycles. The summed E-state index contributed by atoms with van der Waals surface area (Å²) < 4.78 is 10.9. The highest BCUT2D eigenvalue weighted by atomic mass is 35.5. The summed E-state index contributed by atoms with van der Waals surface area (Å²) in [5, 5.41) is 0. The molecule has 1 aliphatic heterocycles. The van der Waals surface area contributed by atoms with Crippen molar-refractivity contribution >= 4 is 17.7 Å². The summed E-state index contributed by atoms with van der Waals surface area (Å²) in [5.41, 5.74) is 1.14. The SMILES string of the molecule is ClCC1COC(/C=C/c2ccccc2)O1. The van der Waals surface area contributed by atoms with Gasteiger partial charge in [-0.1, -0.05) is 36.4 Å². The number of hydrogen-bond acceptors (Lipinski definition) is 2. The highest BCUT2D eigenvalue weighted by Crippen LogP contribution is 2.15. The van der Waals surface area contributed by atoms with Crippen LogP contribution in [0.15, 0.2) is 36.4 Å². The number of halogens is 1. The van der Waals surface area contributed by atoms with Crippen molar-refractivity contribution < 1.29 is 9.47 Å². The average Bonchev–Trinajstić information content (AvgIpc) is 2.76. The molecule has 0 radical (unpaired) electrons. The Morgan fingerprint density at radius 3 is 2.80 bits per heavy atom. The van der Waals surface area contributed by atoms with Crippen molar-refractivity contribution in [2.45, 2.75) is 12.4 Å². The summed E-state index contributed by atoms with van der Waals surface area (Å²) in [6.45, 7) is 0.577. The van der Waals surface area contributed by atoms with E-state index in [1.54, 1.807) is 0 Å². The van der Waals surface area contributed by atoms with Crippen LogP contribution in [0, 0.1) is 0 Å². The number of rotatable bonds is 3. The Hall–Kier alpha value is -0.830. The van der Waals surface area contributed by atoms with Crippen LogP contribution in [-0.2, 0) is 9.47 Å². The van der Waals surface area contributed by atoms with Crippen LogP contribution in [0.1, 0.15) is 5.56 Å². The maximum atomic E-state index is 5.66. The van der Waals surface area contributed by atoms with Gasteiger partial charge in [-0.25, -0.2) is 0 Å². The molecule has 0 spiro atoms. The van der Waals surface area contributed by atoms with Crippen molar-refractivity contribution in [1.29, 1.82) is 0 Å². The van der Waals surface area contributed by atoms with Crippen molar-refractivity contribution in [3.05, 3.63) is 42.0 Å². The van der Waals surface area contributed by atoms with Gasteiger partial charge in [0.25, 0.3) is 0 Å². The first-order valence-electron chi connectivity index (χ1n) is 4.95. The van der Waals surface area contributed by atoms with Crippen LogP contribution in [0.25, 0.3) is 6.08 Å². The van der Waals surface area contributed by atoms with Crippen LogP contribution in [0.2, 0.25) is 0 Å². The molecule has 3 heteroatoms. The fraction of sp³-hybridized carbons (Fsp3) is 0.333. The minimum absolute atomic E-state index is 0.0251. The molecule has 0 amide bonds. The summed E-state index contributed by atoms with van der Waals surface area (Å²) in [4.78, 5) is 0. The van der Waals surface area contributed by atoms with E-state index in [2.05, 4.69) is 0 Å². The first kappa shape index (κ1) is 10.7. The van der Waals surface area contributed by atoms with Crippen LogP contribution >= 0.6 is 11.6 Å². The Labute approximate surface area is 94.5 Å². The highest BCUT2D eigenvalue weighted by Gasteiger charge is 2.22. The number of benzene rings is 1. The van der Waals surface area contributed by atoms with Gasteiger partial charge in [-0.2, -0.15) is 0 Å². The van der Waals surface area contributed by atoms with Gasteiger partial charge >= 0.3 is 0 Å². The molecule has 1 saturated heterocycles.